The molecule has 3 heteroatoms. The molecule has 3 nitrogen and oxygen atoms in total. The molecular weight excluding hydrogens is 599 g/mol. The van der Waals surface area contributed by atoms with Crippen LogP contribution in [0, 0.1) is 13.8 Å². The smallest absolute Gasteiger partial charge is 0.266 e. The first-order chi connectivity index (χ1) is 24.0. The molecule has 0 radical (unpaired) electrons. The molecule has 0 fully saturated rings. The highest BCUT2D eigenvalue weighted by atomic mass is 16.2. The maximum Gasteiger partial charge on any atom is 0.266 e. The van der Waals surface area contributed by atoms with E-state index in [4.69, 9.17) is 0 Å². The molecule has 0 atom stereocenters. The summed E-state index contributed by atoms with van der Waals surface area (Å²) < 4.78 is 1.40. The predicted octanol–water partition coefficient (Wildman–Crippen LogP) is 11.2. The van der Waals surface area contributed by atoms with Gasteiger partial charge in [0.1, 0.15) is 0 Å². The van der Waals surface area contributed by atoms with Gasteiger partial charge in [0.25, 0.3) is 11.1 Å². The minimum absolute atomic E-state index is 0.254. The Labute approximate surface area is 283 Å². The van der Waals surface area contributed by atoms with Crippen molar-refractivity contribution in [3.8, 4) is 27.9 Å². The van der Waals surface area contributed by atoms with Crippen LogP contribution in [-0.2, 0) is 6.42 Å². The maximum atomic E-state index is 14.8. The Morgan fingerprint density at radius 1 is 0.510 bits per heavy atom. The van der Waals surface area contributed by atoms with Crippen LogP contribution in [0.1, 0.15) is 36.5 Å². The molecule has 0 saturated heterocycles. The third kappa shape index (κ3) is 3.68. The third-order valence-electron chi connectivity index (χ3n) is 11.1. The van der Waals surface area contributed by atoms with Crippen molar-refractivity contribution in [2.75, 3.05) is 0 Å². The highest BCUT2D eigenvalue weighted by Crippen LogP contribution is 2.54. The Balaban J connectivity index is 1.48. The van der Waals surface area contributed by atoms with E-state index >= 15 is 0 Å². The van der Waals surface area contributed by atoms with Crippen molar-refractivity contribution in [1.82, 2.24) is 4.57 Å². The number of fused-ring (bicyclic) bond motifs is 3. The van der Waals surface area contributed by atoms with Gasteiger partial charge in [-0.25, -0.2) is 4.57 Å². The van der Waals surface area contributed by atoms with Crippen molar-refractivity contribution in [2.24, 2.45) is 0 Å². The highest BCUT2D eigenvalue weighted by Gasteiger charge is 2.30. The lowest BCUT2D eigenvalue weighted by atomic mass is 9.87. The monoisotopic (exact) mass is 631 g/mol. The van der Waals surface area contributed by atoms with Crippen LogP contribution in [0.3, 0.4) is 0 Å². The number of aryl methyl sites for hydroxylation is 3. The van der Waals surface area contributed by atoms with Crippen LogP contribution >= 0.6 is 0 Å². The number of aromatic nitrogens is 1. The van der Waals surface area contributed by atoms with Crippen molar-refractivity contribution in [3.63, 3.8) is 0 Å². The van der Waals surface area contributed by atoms with Crippen molar-refractivity contribution in [3.05, 3.63) is 147 Å². The van der Waals surface area contributed by atoms with E-state index in [0.717, 1.165) is 63.1 Å². The first-order valence-electron chi connectivity index (χ1n) is 17.3. The molecule has 49 heavy (non-hydrogen) atoms. The van der Waals surface area contributed by atoms with Gasteiger partial charge < -0.3 is 0 Å². The summed E-state index contributed by atoms with van der Waals surface area (Å²) >= 11 is 0. The topological polar surface area (TPSA) is 39.1 Å². The van der Waals surface area contributed by atoms with Crippen molar-refractivity contribution in [1.29, 1.82) is 0 Å². The van der Waals surface area contributed by atoms with Gasteiger partial charge in [0.15, 0.2) is 0 Å². The van der Waals surface area contributed by atoms with Crippen molar-refractivity contribution in [2.45, 2.75) is 40.0 Å². The molecule has 0 amide bonds. The molecule has 0 N–H and O–H groups in total. The van der Waals surface area contributed by atoms with E-state index in [1.165, 1.54) is 53.6 Å². The fourth-order valence-electron chi connectivity index (χ4n) is 8.80. The summed E-state index contributed by atoms with van der Waals surface area (Å²) in [5.41, 5.74) is 8.20. The zero-order valence-electron chi connectivity index (χ0n) is 27.8. The Kier molecular flexibility index (Phi) is 5.82. The largest absolute Gasteiger partial charge is 0.268 e. The molecule has 0 aliphatic carbocycles. The highest BCUT2D eigenvalue weighted by molar-refractivity contribution is 6.50. The fourth-order valence-corrected chi connectivity index (χ4v) is 8.80. The molecule has 9 aromatic carbocycles. The van der Waals surface area contributed by atoms with E-state index < -0.39 is 0 Å². The van der Waals surface area contributed by atoms with Gasteiger partial charge in [-0.2, -0.15) is 0 Å². The minimum atomic E-state index is -0.256. The fraction of sp³-hybridized carbons (Fsp3) is 0.130. The maximum absolute atomic E-state index is 14.8. The Morgan fingerprint density at radius 2 is 1.06 bits per heavy atom. The normalized spacial score (nSPS) is 12.4. The molecule has 0 unspecified atom stereocenters. The summed E-state index contributed by atoms with van der Waals surface area (Å²) in [5, 5.41) is 12.1. The van der Waals surface area contributed by atoms with Gasteiger partial charge in [-0.1, -0.05) is 104 Å². The first-order valence-corrected chi connectivity index (χ1v) is 17.3. The average Bonchev–Trinajstić information content (AvgIpc) is 3.62. The van der Waals surface area contributed by atoms with Crippen LogP contribution in [0.25, 0.3) is 92.6 Å². The molecule has 1 aromatic heterocycles. The lowest BCUT2D eigenvalue weighted by Gasteiger charge is -2.15. The number of hydrogen-bond acceptors (Lipinski definition) is 2. The second-order valence-electron chi connectivity index (χ2n) is 13.9. The zero-order chi connectivity index (χ0) is 33.1. The number of benzene rings is 8. The van der Waals surface area contributed by atoms with Gasteiger partial charge in [-0.15, -0.1) is 0 Å². The predicted molar refractivity (Wildman–Crippen MR) is 207 cm³/mol. The minimum Gasteiger partial charge on any atom is -0.268 e. The molecule has 234 valence electrons. The van der Waals surface area contributed by atoms with Crippen LogP contribution in [-0.4, -0.2) is 4.57 Å². The average molecular weight is 632 g/mol. The molecule has 0 saturated carbocycles. The molecule has 10 aromatic rings. The van der Waals surface area contributed by atoms with Crippen LogP contribution in [0.4, 0.5) is 0 Å². The van der Waals surface area contributed by atoms with E-state index in [1.54, 1.807) is 0 Å². The number of rotatable bonds is 6. The summed E-state index contributed by atoms with van der Waals surface area (Å²) in [6.45, 7) is 6.39. The SMILES string of the molecule is CCCCc1ccccc1-c1cc2c3c(=O)n(-c4ccc(C)cc4)c(=O)c3c3cc(-c4ccccc4C)c4ccc5ccc1c1c5c4c3c21. The Hall–Kier alpha value is -5.80. The summed E-state index contributed by atoms with van der Waals surface area (Å²) in [7, 11) is 0. The summed E-state index contributed by atoms with van der Waals surface area (Å²) in [6, 6.07) is 38.3. The van der Waals surface area contributed by atoms with Gasteiger partial charge >= 0.3 is 0 Å². The Morgan fingerprint density at radius 3 is 1.67 bits per heavy atom. The van der Waals surface area contributed by atoms with Crippen LogP contribution in [0.15, 0.2) is 119 Å². The molecule has 0 aliphatic heterocycles. The second kappa shape index (κ2) is 10.1. The van der Waals surface area contributed by atoms with Crippen LogP contribution < -0.4 is 11.1 Å². The summed E-state index contributed by atoms with van der Waals surface area (Å²) in [4.78, 5) is 29.6. The van der Waals surface area contributed by atoms with Gasteiger partial charge in [0, 0.05) is 0 Å². The number of unbranched alkanes of at least 4 members (excludes halogenated alkanes) is 1. The molecule has 1 heterocycles. The molecule has 0 spiro atoms. The van der Waals surface area contributed by atoms with E-state index in [9.17, 15) is 9.59 Å². The van der Waals surface area contributed by atoms with Gasteiger partial charge in [0.05, 0.1) is 16.5 Å². The van der Waals surface area contributed by atoms with E-state index in [0.29, 0.717) is 16.5 Å². The zero-order valence-corrected chi connectivity index (χ0v) is 27.8. The van der Waals surface area contributed by atoms with Crippen LogP contribution in [0.2, 0.25) is 0 Å². The van der Waals surface area contributed by atoms with Crippen molar-refractivity contribution >= 4 is 64.6 Å². The summed E-state index contributed by atoms with van der Waals surface area (Å²) in [6.07, 6.45) is 3.21. The quantitative estimate of drug-likeness (QED) is 0.171. The summed E-state index contributed by atoms with van der Waals surface area (Å²) in [5.74, 6) is 0. The number of hydrogen-bond donors (Lipinski definition) is 0. The van der Waals surface area contributed by atoms with E-state index in [2.05, 4.69) is 98.8 Å². The molecular formula is C46H33NO2. The lowest BCUT2D eigenvalue weighted by molar-refractivity contribution is 0.796. The van der Waals surface area contributed by atoms with Gasteiger partial charge in [-0.05, 0) is 138 Å². The van der Waals surface area contributed by atoms with Gasteiger partial charge in [-0.3, -0.25) is 9.59 Å². The standard InChI is InChI=1S/C46H33NO2/c1-4-5-11-27-12-7-9-14-31(27)35-24-37-42-40-33(35)22-18-28-17-21-32-34(30-13-8-6-10-26(30)3)23-36(41(42)39(32)38(28)40)43-44(37)46(49)47(45(43)48)29-19-15-25(2)16-20-29/h6-10,12-24H,4-5,11H2,1-3H3. The third-order valence-corrected chi connectivity index (χ3v) is 11.1. The first kappa shape index (κ1) is 28.2. The second-order valence-corrected chi connectivity index (χ2v) is 13.9. The van der Waals surface area contributed by atoms with Gasteiger partial charge in [0.2, 0.25) is 0 Å². The molecule has 10 rings (SSSR count). The Bertz CT molecular complexity index is 3020. The van der Waals surface area contributed by atoms with E-state index in [1.807, 2.05) is 31.2 Å². The van der Waals surface area contributed by atoms with Crippen molar-refractivity contribution < 1.29 is 0 Å². The van der Waals surface area contributed by atoms with E-state index in [-0.39, 0.29) is 11.1 Å². The lowest BCUT2D eigenvalue weighted by Crippen LogP contribution is -2.23. The molecule has 0 aliphatic rings. The van der Waals surface area contributed by atoms with Crippen LogP contribution in [0.5, 0.6) is 0 Å². The molecule has 0 bridgehead atoms. The number of nitrogens with zero attached hydrogens (tertiary/aromatic N) is 1.